The first-order valence-electron chi connectivity index (χ1n) is 7.18. The molecule has 0 spiro atoms. The fourth-order valence-electron chi connectivity index (χ4n) is 2.45. The van der Waals surface area contributed by atoms with Crippen molar-refractivity contribution in [3.05, 3.63) is 16.4 Å². The predicted molar refractivity (Wildman–Crippen MR) is 79.7 cm³/mol. The lowest BCUT2D eigenvalue weighted by Gasteiger charge is -2.31. The first kappa shape index (κ1) is 15.4. The molecule has 1 aliphatic heterocycles. The number of hydrogen-bond acceptors (Lipinski definition) is 7. The molecular weight excluding hydrogens is 274 g/mol. The third-order valence-corrected chi connectivity index (χ3v) is 3.60. The van der Waals surface area contributed by atoms with Gasteiger partial charge < -0.3 is 15.0 Å². The molecule has 1 saturated heterocycles. The summed E-state index contributed by atoms with van der Waals surface area (Å²) >= 11 is 0. The third kappa shape index (κ3) is 3.57. The molecule has 1 aromatic heterocycles. The lowest BCUT2D eigenvalue weighted by atomic mass is 10.1. The summed E-state index contributed by atoms with van der Waals surface area (Å²) in [6, 6.07) is 0. The number of rotatable bonds is 6. The maximum absolute atomic E-state index is 11.4. The summed E-state index contributed by atoms with van der Waals surface area (Å²) in [5.74, 6) is 0.684. The van der Waals surface area contributed by atoms with Gasteiger partial charge in [-0.15, -0.1) is 0 Å². The van der Waals surface area contributed by atoms with E-state index in [1.54, 1.807) is 7.11 Å². The van der Waals surface area contributed by atoms with E-state index in [1.807, 2.05) is 11.8 Å². The van der Waals surface area contributed by atoms with Crippen LogP contribution in [0.15, 0.2) is 6.33 Å². The van der Waals surface area contributed by atoms with Crippen LogP contribution < -0.4 is 10.2 Å². The Kier molecular flexibility index (Phi) is 5.26. The van der Waals surface area contributed by atoms with E-state index in [0.29, 0.717) is 31.3 Å². The molecule has 2 heterocycles. The van der Waals surface area contributed by atoms with Gasteiger partial charge in [-0.25, -0.2) is 9.97 Å². The molecule has 0 amide bonds. The fourth-order valence-corrected chi connectivity index (χ4v) is 2.45. The second kappa shape index (κ2) is 7.16. The first-order chi connectivity index (χ1) is 10.2. The van der Waals surface area contributed by atoms with Gasteiger partial charge >= 0.3 is 5.69 Å². The van der Waals surface area contributed by atoms with Gasteiger partial charge in [-0.05, 0) is 19.3 Å². The van der Waals surface area contributed by atoms with Gasteiger partial charge in [0.25, 0.3) is 0 Å². The molecule has 1 fully saturated rings. The SMILES string of the molecule is CCCNc1ncnc(N2CCC(OC)CC2)c1[N+](=O)[O-]. The van der Waals surface area contributed by atoms with E-state index in [2.05, 4.69) is 15.3 Å². The summed E-state index contributed by atoms with van der Waals surface area (Å²) in [6.45, 7) is 4.03. The van der Waals surface area contributed by atoms with Crippen molar-refractivity contribution >= 4 is 17.3 Å². The van der Waals surface area contributed by atoms with E-state index in [1.165, 1.54) is 6.33 Å². The van der Waals surface area contributed by atoms with Gasteiger partial charge in [0.15, 0.2) is 0 Å². The molecule has 0 unspecified atom stereocenters. The number of hydrogen-bond donors (Lipinski definition) is 1. The smallest absolute Gasteiger partial charge is 0.353 e. The van der Waals surface area contributed by atoms with E-state index in [0.717, 1.165) is 19.3 Å². The van der Waals surface area contributed by atoms with Crippen molar-refractivity contribution in [3.63, 3.8) is 0 Å². The fraction of sp³-hybridized carbons (Fsp3) is 0.692. The van der Waals surface area contributed by atoms with Gasteiger partial charge in [0.05, 0.1) is 11.0 Å². The lowest BCUT2D eigenvalue weighted by Crippen LogP contribution is -2.37. The number of methoxy groups -OCH3 is 1. The standard InChI is InChI=1S/C13H21N5O3/c1-3-6-14-12-11(18(19)20)13(16-9-15-12)17-7-4-10(21-2)5-8-17/h9-10H,3-8H2,1-2H3,(H,14,15,16). The number of anilines is 2. The zero-order chi connectivity index (χ0) is 15.2. The van der Waals surface area contributed by atoms with E-state index in [4.69, 9.17) is 4.74 Å². The number of ether oxygens (including phenoxy) is 1. The topological polar surface area (TPSA) is 93.4 Å². The zero-order valence-corrected chi connectivity index (χ0v) is 12.4. The number of aromatic nitrogens is 2. The van der Waals surface area contributed by atoms with Crippen molar-refractivity contribution in [1.29, 1.82) is 0 Å². The Bertz CT molecular complexity index is 489. The minimum Gasteiger partial charge on any atom is -0.381 e. The molecule has 21 heavy (non-hydrogen) atoms. The molecule has 2 rings (SSSR count). The summed E-state index contributed by atoms with van der Waals surface area (Å²) in [5.41, 5.74) is -0.0400. The molecule has 116 valence electrons. The molecule has 8 nitrogen and oxygen atoms in total. The van der Waals surface area contributed by atoms with Crippen LogP contribution in [0.5, 0.6) is 0 Å². The van der Waals surface area contributed by atoms with Crippen molar-refractivity contribution < 1.29 is 9.66 Å². The van der Waals surface area contributed by atoms with E-state index in [-0.39, 0.29) is 11.8 Å². The van der Waals surface area contributed by atoms with Crippen molar-refractivity contribution in [2.24, 2.45) is 0 Å². The van der Waals surface area contributed by atoms with Gasteiger partial charge in [-0.2, -0.15) is 0 Å². The van der Waals surface area contributed by atoms with E-state index < -0.39 is 4.92 Å². The summed E-state index contributed by atoms with van der Waals surface area (Å²) in [5, 5.41) is 14.4. The minimum absolute atomic E-state index is 0.0400. The van der Waals surface area contributed by atoms with Crippen LogP contribution in [0.2, 0.25) is 0 Å². The molecule has 1 N–H and O–H groups in total. The summed E-state index contributed by atoms with van der Waals surface area (Å²) < 4.78 is 5.32. The predicted octanol–water partition coefficient (Wildman–Crippen LogP) is 1.82. The molecule has 1 aliphatic rings. The van der Waals surface area contributed by atoms with Crippen LogP contribution >= 0.6 is 0 Å². The summed E-state index contributed by atoms with van der Waals surface area (Å²) in [4.78, 5) is 21.1. The Balaban J connectivity index is 2.24. The second-order valence-electron chi connectivity index (χ2n) is 5.00. The van der Waals surface area contributed by atoms with Crippen molar-refractivity contribution in [3.8, 4) is 0 Å². The average Bonchev–Trinajstić information content (AvgIpc) is 2.52. The monoisotopic (exact) mass is 295 g/mol. The van der Waals surface area contributed by atoms with Crippen LogP contribution in [0, 0.1) is 10.1 Å². The number of piperidine rings is 1. The molecule has 8 heteroatoms. The molecule has 0 saturated carbocycles. The van der Waals surface area contributed by atoms with Crippen LogP contribution in [-0.4, -0.2) is 47.7 Å². The normalized spacial score (nSPS) is 16.0. The maximum atomic E-state index is 11.4. The summed E-state index contributed by atoms with van der Waals surface area (Å²) in [6.07, 6.45) is 4.16. The minimum atomic E-state index is -0.407. The molecule has 0 aliphatic carbocycles. The van der Waals surface area contributed by atoms with E-state index >= 15 is 0 Å². The largest absolute Gasteiger partial charge is 0.381 e. The highest BCUT2D eigenvalue weighted by atomic mass is 16.6. The van der Waals surface area contributed by atoms with Crippen LogP contribution in [0.25, 0.3) is 0 Å². The zero-order valence-electron chi connectivity index (χ0n) is 12.4. The number of nitro groups is 1. The second-order valence-corrected chi connectivity index (χ2v) is 5.00. The molecule has 1 aromatic rings. The molecule has 0 atom stereocenters. The highest BCUT2D eigenvalue weighted by molar-refractivity contribution is 5.70. The van der Waals surface area contributed by atoms with Crippen molar-refractivity contribution in [2.45, 2.75) is 32.3 Å². The quantitative estimate of drug-likeness (QED) is 0.632. The highest BCUT2D eigenvalue weighted by Crippen LogP contribution is 2.33. The van der Waals surface area contributed by atoms with Gasteiger partial charge in [0, 0.05) is 26.7 Å². The Morgan fingerprint density at radius 2 is 2.19 bits per heavy atom. The molecule has 0 bridgehead atoms. The van der Waals surface area contributed by atoms with Crippen LogP contribution in [-0.2, 0) is 4.74 Å². The van der Waals surface area contributed by atoms with Crippen molar-refractivity contribution in [2.75, 3.05) is 37.0 Å². The van der Waals surface area contributed by atoms with Gasteiger partial charge in [-0.3, -0.25) is 10.1 Å². The van der Waals surface area contributed by atoms with Crippen LogP contribution in [0.3, 0.4) is 0 Å². The third-order valence-electron chi connectivity index (χ3n) is 3.60. The van der Waals surface area contributed by atoms with Crippen LogP contribution in [0.1, 0.15) is 26.2 Å². The lowest BCUT2D eigenvalue weighted by molar-refractivity contribution is -0.383. The highest BCUT2D eigenvalue weighted by Gasteiger charge is 2.29. The maximum Gasteiger partial charge on any atom is 0.353 e. The summed E-state index contributed by atoms with van der Waals surface area (Å²) in [7, 11) is 1.69. The average molecular weight is 295 g/mol. The van der Waals surface area contributed by atoms with Gasteiger partial charge in [0.2, 0.25) is 11.6 Å². The Morgan fingerprint density at radius 1 is 1.48 bits per heavy atom. The van der Waals surface area contributed by atoms with Crippen molar-refractivity contribution in [1.82, 2.24) is 9.97 Å². The Labute approximate surface area is 123 Å². The van der Waals surface area contributed by atoms with Crippen LogP contribution in [0.4, 0.5) is 17.3 Å². The number of nitrogens with zero attached hydrogens (tertiary/aromatic N) is 4. The molecule has 0 aromatic carbocycles. The van der Waals surface area contributed by atoms with Gasteiger partial charge in [0.1, 0.15) is 6.33 Å². The molecular formula is C13H21N5O3. The Morgan fingerprint density at radius 3 is 2.76 bits per heavy atom. The van der Waals surface area contributed by atoms with Gasteiger partial charge in [-0.1, -0.05) is 6.92 Å². The first-order valence-corrected chi connectivity index (χ1v) is 7.18. The number of nitrogens with one attached hydrogen (secondary N) is 1. The Hall–Kier alpha value is -1.96. The van der Waals surface area contributed by atoms with E-state index in [9.17, 15) is 10.1 Å². The molecule has 0 radical (unpaired) electrons.